The molecule has 0 saturated carbocycles. The van der Waals surface area contributed by atoms with Crippen LogP contribution in [0, 0.1) is 6.92 Å². The molecule has 0 aromatic heterocycles. The van der Waals surface area contributed by atoms with Crippen LogP contribution in [-0.4, -0.2) is 12.7 Å². The van der Waals surface area contributed by atoms with Crippen LogP contribution in [0.3, 0.4) is 0 Å². The predicted molar refractivity (Wildman–Crippen MR) is 74.7 cm³/mol. The largest absolute Gasteiger partial charge is 0.493 e. The molecule has 1 aliphatic rings. The van der Waals surface area contributed by atoms with E-state index in [1.165, 1.54) is 0 Å². The number of hydrogen-bond acceptors (Lipinski definition) is 3. The first kappa shape index (κ1) is 13.7. The summed E-state index contributed by atoms with van der Waals surface area (Å²) < 4.78 is 11.2. The van der Waals surface area contributed by atoms with Crippen LogP contribution >= 0.6 is 0 Å². The number of unbranched alkanes of at least 4 members (excludes halogenated alkanes) is 1. The van der Waals surface area contributed by atoms with E-state index in [9.17, 15) is 4.79 Å². The Morgan fingerprint density at radius 3 is 2.79 bits per heavy atom. The highest BCUT2D eigenvalue weighted by Crippen LogP contribution is 2.43. The maximum atomic E-state index is 11.6. The average Bonchev–Trinajstić information content (AvgIpc) is 2.31. The summed E-state index contributed by atoms with van der Waals surface area (Å²) in [6.45, 7) is 8.54. The molecule has 0 spiro atoms. The van der Waals surface area contributed by atoms with Gasteiger partial charge in [-0.25, -0.2) is 4.79 Å². The van der Waals surface area contributed by atoms with Crippen molar-refractivity contribution in [1.82, 2.24) is 0 Å². The van der Waals surface area contributed by atoms with Crippen LogP contribution in [0.4, 0.5) is 10.5 Å². The van der Waals surface area contributed by atoms with E-state index >= 15 is 0 Å². The Morgan fingerprint density at radius 1 is 1.37 bits per heavy atom. The van der Waals surface area contributed by atoms with Gasteiger partial charge in [-0.3, -0.25) is 5.32 Å². The van der Waals surface area contributed by atoms with Gasteiger partial charge in [0.2, 0.25) is 0 Å². The number of ether oxygens (including phenoxy) is 2. The first-order valence-electron chi connectivity index (χ1n) is 6.72. The highest BCUT2D eigenvalue weighted by Gasteiger charge is 2.37. The lowest BCUT2D eigenvalue weighted by Gasteiger charge is -2.34. The Kier molecular flexibility index (Phi) is 3.69. The third-order valence-corrected chi connectivity index (χ3v) is 3.31. The lowest BCUT2D eigenvalue weighted by Crippen LogP contribution is -2.35. The van der Waals surface area contributed by atoms with Crippen molar-refractivity contribution < 1.29 is 14.3 Å². The Morgan fingerprint density at radius 2 is 2.11 bits per heavy atom. The highest BCUT2D eigenvalue weighted by atomic mass is 16.6. The average molecular weight is 263 g/mol. The van der Waals surface area contributed by atoms with E-state index in [4.69, 9.17) is 9.47 Å². The van der Waals surface area contributed by atoms with Crippen molar-refractivity contribution >= 4 is 11.8 Å². The maximum absolute atomic E-state index is 11.6. The van der Waals surface area contributed by atoms with Crippen LogP contribution in [-0.2, 0) is 10.3 Å². The highest BCUT2D eigenvalue weighted by molar-refractivity contribution is 5.90. The monoisotopic (exact) mass is 263 g/mol. The number of aryl methyl sites for hydroxylation is 1. The van der Waals surface area contributed by atoms with Gasteiger partial charge < -0.3 is 9.47 Å². The van der Waals surface area contributed by atoms with Gasteiger partial charge in [0, 0.05) is 0 Å². The minimum Gasteiger partial charge on any atom is -0.493 e. The number of fused-ring (bicyclic) bond motifs is 1. The van der Waals surface area contributed by atoms with Crippen molar-refractivity contribution in [3.63, 3.8) is 0 Å². The van der Waals surface area contributed by atoms with Crippen LogP contribution in [0.25, 0.3) is 0 Å². The number of amides is 1. The molecule has 1 heterocycles. The summed E-state index contributed by atoms with van der Waals surface area (Å²) in [6.07, 6.45) is 1.69. The molecule has 104 valence electrons. The van der Waals surface area contributed by atoms with Gasteiger partial charge >= 0.3 is 6.09 Å². The fourth-order valence-electron chi connectivity index (χ4n) is 2.30. The number of rotatable bonds is 4. The third-order valence-electron chi connectivity index (χ3n) is 3.31. The molecule has 0 radical (unpaired) electrons. The maximum Gasteiger partial charge on any atom is 0.412 e. The molecule has 0 fully saturated rings. The summed E-state index contributed by atoms with van der Waals surface area (Å²) in [5, 5.41) is 2.77. The summed E-state index contributed by atoms with van der Waals surface area (Å²) in [7, 11) is 0. The Labute approximate surface area is 114 Å². The van der Waals surface area contributed by atoms with E-state index in [1.54, 1.807) is 0 Å². The van der Waals surface area contributed by atoms with Crippen LogP contribution < -0.4 is 10.1 Å². The van der Waals surface area contributed by atoms with Crippen LogP contribution in [0.1, 0.15) is 44.7 Å². The molecule has 0 unspecified atom stereocenters. The second-order valence-electron chi connectivity index (χ2n) is 5.36. The molecular formula is C15H21NO3. The molecule has 1 amide bonds. The molecule has 19 heavy (non-hydrogen) atoms. The number of carbonyl (C=O) groups is 1. The van der Waals surface area contributed by atoms with Gasteiger partial charge in [-0.1, -0.05) is 19.4 Å². The van der Waals surface area contributed by atoms with E-state index in [1.807, 2.05) is 32.9 Å². The zero-order valence-electron chi connectivity index (χ0n) is 12.0. The first-order chi connectivity index (χ1) is 8.95. The molecule has 2 rings (SSSR count). The zero-order valence-corrected chi connectivity index (χ0v) is 12.0. The van der Waals surface area contributed by atoms with Crippen LogP contribution in [0.2, 0.25) is 0 Å². The lowest BCUT2D eigenvalue weighted by molar-refractivity contribution is 0.0395. The number of hydrogen-bond donors (Lipinski definition) is 1. The molecule has 1 N–H and O–H groups in total. The standard InChI is InChI=1S/C15H21NO3/c1-5-6-9-18-11-8-7-10(2)13-12(11)15(3,4)19-14(17)16-13/h7-8H,5-6,9H2,1-4H3,(H,16,17). The SMILES string of the molecule is CCCCOc1ccc(C)c2c1C(C)(C)OC(=O)N2. The topological polar surface area (TPSA) is 47.6 Å². The van der Waals surface area contributed by atoms with Gasteiger partial charge in [0.05, 0.1) is 17.9 Å². The molecule has 1 aromatic carbocycles. The van der Waals surface area contributed by atoms with E-state index in [2.05, 4.69) is 12.2 Å². The van der Waals surface area contributed by atoms with Gasteiger partial charge in [-0.05, 0) is 38.8 Å². The Bertz CT molecular complexity index is 494. The van der Waals surface area contributed by atoms with E-state index < -0.39 is 11.7 Å². The van der Waals surface area contributed by atoms with Crippen LogP contribution in [0.5, 0.6) is 5.75 Å². The van der Waals surface area contributed by atoms with Crippen molar-refractivity contribution in [2.24, 2.45) is 0 Å². The van der Waals surface area contributed by atoms with E-state index in [-0.39, 0.29) is 0 Å². The summed E-state index contributed by atoms with van der Waals surface area (Å²) in [5.41, 5.74) is 2.08. The fourth-order valence-corrected chi connectivity index (χ4v) is 2.30. The molecule has 0 saturated heterocycles. The summed E-state index contributed by atoms with van der Waals surface area (Å²) >= 11 is 0. The van der Waals surface area contributed by atoms with Crippen molar-refractivity contribution in [3.05, 3.63) is 23.3 Å². The summed E-state index contributed by atoms with van der Waals surface area (Å²) in [5.74, 6) is 0.791. The van der Waals surface area contributed by atoms with Crippen LogP contribution in [0.15, 0.2) is 12.1 Å². The van der Waals surface area contributed by atoms with E-state index in [0.717, 1.165) is 35.4 Å². The van der Waals surface area contributed by atoms with Crippen molar-refractivity contribution in [1.29, 1.82) is 0 Å². The van der Waals surface area contributed by atoms with Crippen molar-refractivity contribution in [2.45, 2.75) is 46.1 Å². The third kappa shape index (κ3) is 2.67. The number of benzene rings is 1. The van der Waals surface area contributed by atoms with Gasteiger partial charge in [-0.2, -0.15) is 0 Å². The second kappa shape index (κ2) is 5.11. The molecule has 0 bridgehead atoms. The van der Waals surface area contributed by atoms with Gasteiger partial charge in [0.1, 0.15) is 11.4 Å². The zero-order chi connectivity index (χ0) is 14.0. The fraction of sp³-hybridized carbons (Fsp3) is 0.533. The molecule has 0 atom stereocenters. The number of anilines is 1. The van der Waals surface area contributed by atoms with Crippen molar-refractivity contribution in [2.75, 3.05) is 11.9 Å². The molecular weight excluding hydrogens is 242 g/mol. The minimum absolute atomic E-state index is 0.411. The molecule has 1 aromatic rings. The minimum atomic E-state index is -0.675. The van der Waals surface area contributed by atoms with Gasteiger partial charge in [0.15, 0.2) is 0 Å². The quantitative estimate of drug-likeness (QED) is 0.836. The first-order valence-corrected chi connectivity index (χ1v) is 6.72. The number of carbonyl (C=O) groups excluding carboxylic acids is 1. The number of nitrogens with one attached hydrogen (secondary N) is 1. The Balaban J connectivity index is 2.42. The van der Waals surface area contributed by atoms with Crippen molar-refractivity contribution in [3.8, 4) is 5.75 Å². The number of cyclic esters (lactones) is 1. The smallest absolute Gasteiger partial charge is 0.412 e. The molecule has 4 heteroatoms. The molecule has 0 aliphatic carbocycles. The van der Waals surface area contributed by atoms with E-state index in [0.29, 0.717) is 6.61 Å². The van der Waals surface area contributed by atoms with Gasteiger partial charge in [-0.15, -0.1) is 0 Å². The van der Waals surface area contributed by atoms with Gasteiger partial charge in [0.25, 0.3) is 0 Å². The Hall–Kier alpha value is -1.71. The normalized spacial score (nSPS) is 16.3. The predicted octanol–water partition coefficient (Wildman–Crippen LogP) is 3.97. The second-order valence-corrected chi connectivity index (χ2v) is 5.36. The molecule has 4 nitrogen and oxygen atoms in total. The summed E-state index contributed by atoms with van der Waals surface area (Å²) in [6, 6.07) is 3.91. The summed E-state index contributed by atoms with van der Waals surface area (Å²) in [4.78, 5) is 11.6. The molecule has 1 aliphatic heterocycles. The lowest BCUT2D eigenvalue weighted by atomic mass is 9.91.